The first-order chi connectivity index (χ1) is 14.5. The van der Waals surface area contributed by atoms with E-state index in [1.807, 2.05) is 47.4 Å². The van der Waals surface area contributed by atoms with Gasteiger partial charge in [-0.1, -0.05) is 29.8 Å². The summed E-state index contributed by atoms with van der Waals surface area (Å²) in [5.41, 5.74) is 2.28. The number of methoxy groups -OCH3 is 1. The number of para-hydroxylation sites is 1. The van der Waals surface area contributed by atoms with E-state index in [4.69, 9.17) is 16.3 Å². The third kappa shape index (κ3) is 4.44. The summed E-state index contributed by atoms with van der Waals surface area (Å²) in [5.74, 6) is 0.672. The molecule has 2 amide bonds. The molecular formula is C23H24ClN3O3. The quantitative estimate of drug-likeness (QED) is 0.653. The standard InChI is InChI=1S/C23H24ClN3O3/c1-30-21-5-3-2-4-15(21)14-22(28)27-10-8-18(9-11-27)25-23(29)20-13-16-12-17(24)6-7-19(16)26-20/h2-7,12-13,18,26H,8-11,14H2,1H3,(H,25,29). The maximum Gasteiger partial charge on any atom is 0.267 e. The topological polar surface area (TPSA) is 74.4 Å². The number of likely N-dealkylation sites (tertiary alicyclic amines) is 1. The monoisotopic (exact) mass is 425 g/mol. The SMILES string of the molecule is COc1ccccc1CC(=O)N1CCC(NC(=O)c2cc3cc(Cl)ccc3[nH]2)CC1. The van der Waals surface area contributed by atoms with E-state index in [-0.39, 0.29) is 17.9 Å². The molecule has 0 spiro atoms. The van der Waals surface area contributed by atoms with Gasteiger partial charge in [0.25, 0.3) is 5.91 Å². The summed E-state index contributed by atoms with van der Waals surface area (Å²) in [5, 5.41) is 4.62. The second-order valence-corrected chi connectivity index (χ2v) is 7.97. The Kier molecular flexibility index (Phi) is 5.95. The number of nitrogens with zero attached hydrogens (tertiary/aromatic N) is 1. The molecule has 0 saturated carbocycles. The van der Waals surface area contributed by atoms with Crippen LogP contribution in [0.3, 0.4) is 0 Å². The Balaban J connectivity index is 1.31. The number of H-pyrrole nitrogens is 1. The average Bonchev–Trinajstić information content (AvgIpc) is 3.18. The number of aromatic amines is 1. The van der Waals surface area contributed by atoms with Crippen molar-refractivity contribution in [2.24, 2.45) is 0 Å². The number of hydrogen-bond acceptors (Lipinski definition) is 3. The number of carbonyl (C=O) groups excluding carboxylic acids is 2. The van der Waals surface area contributed by atoms with E-state index in [9.17, 15) is 9.59 Å². The smallest absolute Gasteiger partial charge is 0.267 e. The van der Waals surface area contributed by atoms with Gasteiger partial charge in [0.1, 0.15) is 11.4 Å². The Morgan fingerprint density at radius 1 is 1.17 bits per heavy atom. The zero-order valence-electron chi connectivity index (χ0n) is 16.8. The van der Waals surface area contributed by atoms with Crippen molar-refractivity contribution in [3.63, 3.8) is 0 Å². The van der Waals surface area contributed by atoms with Crippen LogP contribution in [0.5, 0.6) is 5.75 Å². The molecule has 2 N–H and O–H groups in total. The Labute approximate surface area is 180 Å². The molecule has 0 atom stereocenters. The molecule has 2 aromatic carbocycles. The predicted octanol–water partition coefficient (Wildman–Crippen LogP) is 3.79. The highest BCUT2D eigenvalue weighted by Gasteiger charge is 2.25. The first-order valence-corrected chi connectivity index (χ1v) is 10.4. The van der Waals surface area contributed by atoms with Crippen molar-refractivity contribution < 1.29 is 14.3 Å². The lowest BCUT2D eigenvalue weighted by Crippen LogP contribution is -2.47. The fourth-order valence-corrected chi connectivity index (χ4v) is 4.07. The fourth-order valence-electron chi connectivity index (χ4n) is 3.89. The van der Waals surface area contributed by atoms with Gasteiger partial charge < -0.3 is 19.9 Å². The number of hydrogen-bond donors (Lipinski definition) is 2. The number of halogens is 1. The van der Waals surface area contributed by atoms with E-state index >= 15 is 0 Å². The van der Waals surface area contributed by atoms with Crippen LogP contribution < -0.4 is 10.1 Å². The van der Waals surface area contributed by atoms with Crippen molar-refractivity contribution in [1.29, 1.82) is 0 Å². The van der Waals surface area contributed by atoms with Crippen molar-refractivity contribution in [2.45, 2.75) is 25.3 Å². The molecule has 30 heavy (non-hydrogen) atoms. The number of nitrogens with one attached hydrogen (secondary N) is 2. The lowest BCUT2D eigenvalue weighted by Gasteiger charge is -2.32. The highest BCUT2D eigenvalue weighted by atomic mass is 35.5. The van der Waals surface area contributed by atoms with Crippen LogP contribution in [-0.2, 0) is 11.2 Å². The van der Waals surface area contributed by atoms with E-state index in [1.165, 1.54) is 0 Å². The van der Waals surface area contributed by atoms with Gasteiger partial charge >= 0.3 is 0 Å². The number of piperidine rings is 1. The Hall–Kier alpha value is -2.99. The van der Waals surface area contributed by atoms with Crippen LogP contribution in [0.1, 0.15) is 28.9 Å². The lowest BCUT2D eigenvalue weighted by atomic mass is 10.0. The normalized spacial score (nSPS) is 14.7. The second-order valence-electron chi connectivity index (χ2n) is 7.53. The maximum atomic E-state index is 12.7. The van der Waals surface area contributed by atoms with Crippen molar-refractivity contribution in [3.05, 3.63) is 64.8 Å². The van der Waals surface area contributed by atoms with Gasteiger partial charge in [0.2, 0.25) is 5.91 Å². The number of amides is 2. The van der Waals surface area contributed by atoms with E-state index in [1.54, 1.807) is 13.2 Å². The first-order valence-electron chi connectivity index (χ1n) is 10.0. The molecule has 6 nitrogen and oxygen atoms in total. The van der Waals surface area contributed by atoms with Crippen LogP contribution in [0.2, 0.25) is 5.02 Å². The summed E-state index contributed by atoms with van der Waals surface area (Å²) < 4.78 is 5.34. The lowest BCUT2D eigenvalue weighted by molar-refractivity contribution is -0.131. The summed E-state index contributed by atoms with van der Waals surface area (Å²) in [4.78, 5) is 30.3. The van der Waals surface area contributed by atoms with Gasteiger partial charge in [-0.05, 0) is 43.2 Å². The van der Waals surface area contributed by atoms with E-state index in [0.29, 0.717) is 30.2 Å². The summed E-state index contributed by atoms with van der Waals surface area (Å²) in [6, 6.07) is 14.9. The minimum atomic E-state index is -0.138. The van der Waals surface area contributed by atoms with Gasteiger partial charge in [0.05, 0.1) is 13.5 Å². The Bertz CT molecular complexity index is 1070. The van der Waals surface area contributed by atoms with Gasteiger partial charge in [-0.3, -0.25) is 9.59 Å². The first kappa shape index (κ1) is 20.3. The molecule has 1 aliphatic rings. The molecule has 1 aromatic heterocycles. The zero-order chi connectivity index (χ0) is 21.1. The Morgan fingerprint density at radius 2 is 1.93 bits per heavy atom. The fraction of sp³-hybridized carbons (Fsp3) is 0.304. The van der Waals surface area contributed by atoms with E-state index in [0.717, 1.165) is 35.1 Å². The summed E-state index contributed by atoms with van der Waals surface area (Å²) >= 11 is 6.02. The Morgan fingerprint density at radius 3 is 2.70 bits per heavy atom. The van der Waals surface area contributed by atoms with E-state index < -0.39 is 0 Å². The highest BCUT2D eigenvalue weighted by Crippen LogP contribution is 2.22. The largest absolute Gasteiger partial charge is 0.496 e. The minimum Gasteiger partial charge on any atom is -0.496 e. The van der Waals surface area contributed by atoms with Crippen LogP contribution in [0.15, 0.2) is 48.5 Å². The van der Waals surface area contributed by atoms with Gasteiger partial charge in [0.15, 0.2) is 0 Å². The van der Waals surface area contributed by atoms with Crippen molar-refractivity contribution in [1.82, 2.24) is 15.2 Å². The molecule has 2 heterocycles. The van der Waals surface area contributed by atoms with Crippen LogP contribution >= 0.6 is 11.6 Å². The molecule has 0 bridgehead atoms. The summed E-state index contributed by atoms with van der Waals surface area (Å²) in [6.45, 7) is 1.25. The molecule has 0 radical (unpaired) electrons. The van der Waals surface area contributed by atoms with Gasteiger partial charge in [0, 0.05) is 40.6 Å². The van der Waals surface area contributed by atoms with Crippen LogP contribution in [-0.4, -0.2) is 47.9 Å². The summed E-state index contributed by atoms with van der Waals surface area (Å²) in [6.07, 6.45) is 1.78. The van der Waals surface area contributed by atoms with Crippen molar-refractivity contribution in [2.75, 3.05) is 20.2 Å². The van der Waals surface area contributed by atoms with Gasteiger partial charge in [-0.25, -0.2) is 0 Å². The molecular weight excluding hydrogens is 402 g/mol. The molecule has 1 fully saturated rings. The number of benzene rings is 2. The molecule has 0 unspecified atom stereocenters. The minimum absolute atomic E-state index is 0.0443. The number of ether oxygens (including phenoxy) is 1. The summed E-state index contributed by atoms with van der Waals surface area (Å²) in [7, 11) is 1.61. The molecule has 4 rings (SSSR count). The van der Waals surface area contributed by atoms with Gasteiger partial charge in [-0.15, -0.1) is 0 Å². The second kappa shape index (κ2) is 8.79. The third-order valence-electron chi connectivity index (χ3n) is 5.54. The average molecular weight is 426 g/mol. The molecule has 1 aliphatic heterocycles. The van der Waals surface area contributed by atoms with Crippen LogP contribution in [0.25, 0.3) is 10.9 Å². The number of rotatable bonds is 5. The highest BCUT2D eigenvalue weighted by molar-refractivity contribution is 6.31. The number of carbonyl (C=O) groups is 2. The molecule has 0 aliphatic carbocycles. The molecule has 3 aromatic rings. The number of fused-ring (bicyclic) bond motifs is 1. The molecule has 156 valence electrons. The van der Waals surface area contributed by atoms with E-state index in [2.05, 4.69) is 10.3 Å². The van der Waals surface area contributed by atoms with Crippen LogP contribution in [0, 0.1) is 0 Å². The predicted molar refractivity (Wildman–Crippen MR) is 117 cm³/mol. The van der Waals surface area contributed by atoms with Crippen LogP contribution in [0.4, 0.5) is 0 Å². The van der Waals surface area contributed by atoms with Crippen molar-refractivity contribution in [3.8, 4) is 5.75 Å². The van der Waals surface area contributed by atoms with Gasteiger partial charge in [-0.2, -0.15) is 0 Å². The van der Waals surface area contributed by atoms with Crippen molar-refractivity contribution >= 4 is 34.3 Å². The number of aromatic nitrogens is 1. The zero-order valence-corrected chi connectivity index (χ0v) is 17.5. The third-order valence-corrected chi connectivity index (χ3v) is 5.78. The molecule has 1 saturated heterocycles. The maximum absolute atomic E-state index is 12.7. The molecule has 7 heteroatoms.